The fraction of sp³-hybridized carbons (Fsp3) is 0.316. The van der Waals surface area contributed by atoms with Gasteiger partial charge in [-0.15, -0.1) is 0 Å². The number of nitrogens with zero attached hydrogens (tertiary/aromatic N) is 1. The van der Waals surface area contributed by atoms with Crippen LogP contribution in [0.25, 0.3) is 0 Å². The summed E-state index contributed by atoms with van der Waals surface area (Å²) in [4.78, 5) is 4.22. The van der Waals surface area contributed by atoms with Crippen molar-refractivity contribution in [2.24, 2.45) is 10.9 Å². The molecule has 4 heteroatoms. The van der Waals surface area contributed by atoms with Crippen molar-refractivity contribution in [3.8, 4) is 0 Å². The van der Waals surface area contributed by atoms with E-state index in [-0.39, 0.29) is 5.82 Å². The zero-order valence-electron chi connectivity index (χ0n) is 13.3. The number of nitrogens with one attached hydrogen (secondary N) is 2. The average molecular weight is 311 g/mol. The van der Waals surface area contributed by atoms with E-state index in [0.717, 1.165) is 18.1 Å². The Kier molecular flexibility index (Phi) is 4.91. The lowest BCUT2D eigenvalue weighted by Gasteiger charge is -2.12. The van der Waals surface area contributed by atoms with Gasteiger partial charge in [-0.2, -0.15) is 0 Å². The number of rotatable bonds is 5. The highest BCUT2D eigenvalue weighted by molar-refractivity contribution is 5.79. The molecule has 2 aromatic carbocycles. The summed E-state index contributed by atoms with van der Waals surface area (Å²) in [5.41, 5.74) is 2.32. The summed E-state index contributed by atoms with van der Waals surface area (Å²) in [7, 11) is 1.75. The predicted molar refractivity (Wildman–Crippen MR) is 91.9 cm³/mol. The van der Waals surface area contributed by atoms with Gasteiger partial charge in [0.2, 0.25) is 0 Å². The van der Waals surface area contributed by atoms with Crippen LogP contribution in [-0.2, 0) is 6.54 Å². The van der Waals surface area contributed by atoms with Crippen LogP contribution in [0.1, 0.15) is 23.5 Å². The second-order valence-electron chi connectivity index (χ2n) is 5.95. The summed E-state index contributed by atoms with van der Waals surface area (Å²) in [5, 5.41) is 6.58. The number of aliphatic imine (C=N–C) groups is 1. The lowest BCUT2D eigenvalue weighted by molar-refractivity contribution is 0.624. The molecule has 0 amide bonds. The first-order valence-electron chi connectivity index (χ1n) is 8.00. The fourth-order valence-corrected chi connectivity index (χ4v) is 2.86. The van der Waals surface area contributed by atoms with Gasteiger partial charge in [0.1, 0.15) is 5.82 Å². The number of hydrogen-bond acceptors (Lipinski definition) is 1. The molecule has 2 N–H and O–H groups in total. The highest BCUT2D eigenvalue weighted by Gasteiger charge is 2.37. The molecule has 2 atom stereocenters. The van der Waals surface area contributed by atoms with E-state index in [1.165, 1.54) is 24.1 Å². The zero-order chi connectivity index (χ0) is 16.1. The van der Waals surface area contributed by atoms with E-state index < -0.39 is 0 Å². The van der Waals surface area contributed by atoms with Gasteiger partial charge in [0.05, 0.1) is 0 Å². The normalized spacial score (nSPS) is 20.2. The first-order valence-corrected chi connectivity index (χ1v) is 8.00. The van der Waals surface area contributed by atoms with Gasteiger partial charge in [0.15, 0.2) is 5.96 Å². The van der Waals surface area contributed by atoms with E-state index in [2.05, 4.69) is 46.0 Å². The Balaban J connectivity index is 1.44. The quantitative estimate of drug-likeness (QED) is 0.656. The van der Waals surface area contributed by atoms with Crippen molar-refractivity contribution in [3.05, 3.63) is 71.5 Å². The van der Waals surface area contributed by atoms with Gasteiger partial charge in [-0.3, -0.25) is 4.99 Å². The van der Waals surface area contributed by atoms with Crippen molar-refractivity contribution in [1.82, 2.24) is 10.6 Å². The monoisotopic (exact) mass is 311 g/mol. The largest absolute Gasteiger partial charge is 0.356 e. The highest BCUT2D eigenvalue weighted by Crippen LogP contribution is 2.46. The molecule has 0 radical (unpaired) electrons. The number of guanidine groups is 1. The third-order valence-corrected chi connectivity index (χ3v) is 4.25. The van der Waals surface area contributed by atoms with Crippen molar-refractivity contribution < 1.29 is 4.39 Å². The van der Waals surface area contributed by atoms with Crippen LogP contribution in [0.5, 0.6) is 0 Å². The van der Waals surface area contributed by atoms with Crippen LogP contribution < -0.4 is 10.6 Å². The summed E-state index contributed by atoms with van der Waals surface area (Å²) < 4.78 is 13.2. The van der Waals surface area contributed by atoms with E-state index in [1.807, 2.05) is 6.07 Å². The molecule has 0 aliphatic heterocycles. The summed E-state index contributed by atoms with van der Waals surface area (Å²) in [6.45, 7) is 1.46. The lowest BCUT2D eigenvalue weighted by Crippen LogP contribution is -2.38. The van der Waals surface area contributed by atoms with Crippen LogP contribution in [0.15, 0.2) is 59.6 Å². The smallest absolute Gasteiger partial charge is 0.191 e. The fourth-order valence-electron chi connectivity index (χ4n) is 2.86. The maximum atomic E-state index is 13.2. The third-order valence-electron chi connectivity index (χ3n) is 4.25. The highest BCUT2D eigenvalue weighted by atomic mass is 19.1. The second-order valence-corrected chi connectivity index (χ2v) is 5.95. The van der Waals surface area contributed by atoms with Gasteiger partial charge in [0.25, 0.3) is 0 Å². The van der Waals surface area contributed by atoms with Crippen molar-refractivity contribution in [1.29, 1.82) is 0 Å². The van der Waals surface area contributed by atoms with Crippen molar-refractivity contribution in [2.75, 3.05) is 13.6 Å². The minimum atomic E-state index is -0.212. The molecule has 3 nitrogen and oxygen atoms in total. The molecule has 120 valence electrons. The van der Waals surface area contributed by atoms with E-state index in [1.54, 1.807) is 13.1 Å². The summed E-state index contributed by atoms with van der Waals surface area (Å²) >= 11 is 0. The van der Waals surface area contributed by atoms with Crippen LogP contribution in [0.4, 0.5) is 4.39 Å². The van der Waals surface area contributed by atoms with Gasteiger partial charge >= 0.3 is 0 Å². The van der Waals surface area contributed by atoms with Crippen LogP contribution in [0.2, 0.25) is 0 Å². The second kappa shape index (κ2) is 7.27. The Bertz CT molecular complexity index is 669. The van der Waals surface area contributed by atoms with Crippen LogP contribution in [0.3, 0.4) is 0 Å². The Hall–Kier alpha value is -2.36. The van der Waals surface area contributed by atoms with Gasteiger partial charge in [-0.1, -0.05) is 42.5 Å². The van der Waals surface area contributed by atoms with Crippen LogP contribution in [-0.4, -0.2) is 19.6 Å². The molecule has 1 fully saturated rings. The van der Waals surface area contributed by atoms with Crippen LogP contribution >= 0.6 is 0 Å². The first kappa shape index (κ1) is 15.5. The zero-order valence-corrected chi connectivity index (χ0v) is 13.3. The molecule has 0 spiro atoms. The summed E-state index contributed by atoms with van der Waals surface area (Å²) in [6, 6.07) is 17.2. The molecular formula is C19H22FN3. The molecule has 23 heavy (non-hydrogen) atoms. The lowest BCUT2D eigenvalue weighted by atomic mass is 10.1. The van der Waals surface area contributed by atoms with E-state index in [9.17, 15) is 4.39 Å². The van der Waals surface area contributed by atoms with E-state index in [4.69, 9.17) is 0 Å². The molecule has 1 saturated carbocycles. The SMILES string of the molecule is CN=C(NCc1cccc(F)c1)NCC1CC1c1ccccc1. The number of halogens is 1. The van der Waals surface area contributed by atoms with Gasteiger partial charge in [0, 0.05) is 20.1 Å². The minimum Gasteiger partial charge on any atom is -0.356 e. The molecule has 0 aromatic heterocycles. The van der Waals surface area contributed by atoms with Gasteiger partial charge in [-0.05, 0) is 41.5 Å². The minimum absolute atomic E-state index is 0.212. The Labute approximate surface area is 136 Å². The Morgan fingerprint density at radius 3 is 2.70 bits per heavy atom. The standard InChI is InChI=1S/C19H22FN3/c1-21-19(22-12-14-6-5-9-17(20)10-14)23-13-16-11-18(16)15-7-3-2-4-8-15/h2-10,16,18H,11-13H2,1H3,(H2,21,22,23). The van der Waals surface area contributed by atoms with Crippen LogP contribution in [0, 0.1) is 11.7 Å². The number of benzene rings is 2. The molecule has 0 saturated heterocycles. The first-order chi connectivity index (χ1) is 11.3. The van der Waals surface area contributed by atoms with Crippen molar-refractivity contribution in [3.63, 3.8) is 0 Å². The maximum Gasteiger partial charge on any atom is 0.191 e. The van der Waals surface area contributed by atoms with Gasteiger partial charge < -0.3 is 10.6 Å². The Morgan fingerprint density at radius 2 is 1.96 bits per heavy atom. The summed E-state index contributed by atoms with van der Waals surface area (Å²) in [6.07, 6.45) is 1.22. The van der Waals surface area contributed by atoms with E-state index >= 15 is 0 Å². The van der Waals surface area contributed by atoms with Crippen molar-refractivity contribution in [2.45, 2.75) is 18.9 Å². The number of hydrogen-bond donors (Lipinski definition) is 2. The van der Waals surface area contributed by atoms with Crippen molar-refractivity contribution >= 4 is 5.96 Å². The molecule has 0 heterocycles. The van der Waals surface area contributed by atoms with Gasteiger partial charge in [-0.25, -0.2) is 4.39 Å². The predicted octanol–water partition coefficient (Wildman–Crippen LogP) is 3.29. The topological polar surface area (TPSA) is 36.4 Å². The molecule has 2 unspecified atom stereocenters. The summed E-state index contributed by atoms with van der Waals surface area (Å²) in [5.74, 6) is 1.86. The molecular weight excluding hydrogens is 289 g/mol. The average Bonchev–Trinajstić information content (AvgIpc) is 3.36. The molecule has 3 rings (SSSR count). The Morgan fingerprint density at radius 1 is 1.13 bits per heavy atom. The molecule has 1 aliphatic rings. The maximum absolute atomic E-state index is 13.2. The molecule has 0 bridgehead atoms. The van der Waals surface area contributed by atoms with E-state index in [0.29, 0.717) is 18.4 Å². The molecule has 1 aliphatic carbocycles. The molecule has 2 aromatic rings. The third kappa shape index (κ3) is 4.31.